The highest BCUT2D eigenvalue weighted by Crippen LogP contribution is 2.41. The molecule has 0 aliphatic heterocycles. The molecule has 1 amide bonds. The van der Waals surface area contributed by atoms with E-state index in [1.54, 1.807) is 49.9 Å². The minimum absolute atomic E-state index is 0.0127. The summed E-state index contributed by atoms with van der Waals surface area (Å²) in [6.07, 6.45) is 5.46. The number of aromatic nitrogens is 4. The third-order valence-corrected chi connectivity index (χ3v) is 6.25. The molecule has 3 heterocycles. The van der Waals surface area contributed by atoms with Crippen LogP contribution in [0.25, 0.3) is 5.52 Å². The number of hydrogen-bond donors (Lipinski definition) is 2. The van der Waals surface area contributed by atoms with Crippen molar-refractivity contribution in [2.45, 2.75) is 71.1 Å². The van der Waals surface area contributed by atoms with E-state index in [2.05, 4.69) is 25.7 Å². The van der Waals surface area contributed by atoms with Crippen LogP contribution >= 0.6 is 11.6 Å². The molecule has 0 spiro atoms. The summed E-state index contributed by atoms with van der Waals surface area (Å²) in [5.74, 6) is 0.151. The molecule has 0 unspecified atom stereocenters. The Morgan fingerprint density at radius 2 is 1.94 bits per heavy atom. The highest BCUT2D eigenvalue weighted by molar-refractivity contribution is 6.29. The van der Waals surface area contributed by atoms with E-state index in [-0.39, 0.29) is 17.8 Å². The van der Waals surface area contributed by atoms with E-state index in [4.69, 9.17) is 21.1 Å². The maximum atomic E-state index is 12.6. The number of amides is 1. The summed E-state index contributed by atoms with van der Waals surface area (Å²) in [4.78, 5) is 33.2. The second-order valence-corrected chi connectivity index (χ2v) is 10.5. The van der Waals surface area contributed by atoms with Gasteiger partial charge >= 0.3 is 12.1 Å². The fourth-order valence-electron chi connectivity index (χ4n) is 4.69. The van der Waals surface area contributed by atoms with E-state index in [0.29, 0.717) is 17.5 Å². The lowest BCUT2D eigenvalue weighted by Gasteiger charge is -2.40. The number of halogens is 1. The van der Waals surface area contributed by atoms with Crippen molar-refractivity contribution in [3.63, 3.8) is 0 Å². The molecule has 11 heteroatoms. The quantitative estimate of drug-likeness (QED) is 0.463. The number of alkyl carbamates (subject to hydrolysis) is 1. The van der Waals surface area contributed by atoms with Gasteiger partial charge in [0.15, 0.2) is 0 Å². The number of anilines is 2. The van der Waals surface area contributed by atoms with Crippen molar-refractivity contribution >= 4 is 40.8 Å². The predicted molar refractivity (Wildman–Crippen MR) is 135 cm³/mol. The van der Waals surface area contributed by atoms with Gasteiger partial charge in [0, 0.05) is 13.1 Å². The van der Waals surface area contributed by atoms with Gasteiger partial charge in [-0.1, -0.05) is 18.5 Å². The molecular formula is C25H31ClN6O4. The molecule has 1 aliphatic rings. The van der Waals surface area contributed by atoms with Gasteiger partial charge in [-0.05, 0) is 69.2 Å². The van der Waals surface area contributed by atoms with Crippen LogP contribution in [0.5, 0.6) is 0 Å². The topological polar surface area (TPSA) is 120 Å². The van der Waals surface area contributed by atoms with Crippen molar-refractivity contribution in [2.24, 2.45) is 5.92 Å². The van der Waals surface area contributed by atoms with Gasteiger partial charge in [0.05, 0.1) is 29.6 Å². The molecule has 0 aromatic carbocycles. The first-order valence-corrected chi connectivity index (χ1v) is 12.3. The number of pyridine rings is 1. The molecule has 0 saturated heterocycles. The zero-order valence-corrected chi connectivity index (χ0v) is 21.7. The monoisotopic (exact) mass is 514 g/mol. The Morgan fingerprint density at radius 3 is 2.67 bits per heavy atom. The third-order valence-electron chi connectivity index (χ3n) is 6.05. The standard InChI is InChI=1S/C25H31ClN6O4/c1-14-10-16(11-19(22(14)35-15(2)33)30-24(34)36-25(3,4)5)18-8-9-27-13-20(18)29-23-28-12-17-6-7-21(26)31-32(17)23/h6-9,12-14,16,19,22H,10-11H2,1-5H3,(H,28,29)(H,30,34)/t14-,16+,19+,22+/m0/s1. The van der Waals surface area contributed by atoms with Crippen LogP contribution in [0.4, 0.5) is 16.4 Å². The van der Waals surface area contributed by atoms with Crippen LogP contribution < -0.4 is 10.6 Å². The summed E-state index contributed by atoms with van der Waals surface area (Å²) < 4.78 is 12.7. The van der Waals surface area contributed by atoms with Crippen molar-refractivity contribution in [3.05, 3.63) is 47.5 Å². The maximum Gasteiger partial charge on any atom is 0.408 e. The molecule has 3 aromatic heterocycles. The molecule has 0 radical (unpaired) electrons. The van der Waals surface area contributed by atoms with E-state index in [1.807, 2.05) is 19.1 Å². The van der Waals surface area contributed by atoms with Gasteiger partial charge in [-0.2, -0.15) is 9.61 Å². The minimum Gasteiger partial charge on any atom is -0.460 e. The van der Waals surface area contributed by atoms with Gasteiger partial charge in [0.1, 0.15) is 16.9 Å². The number of nitrogens with zero attached hydrogens (tertiary/aromatic N) is 4. The van der Waals surface area contributed by atoms with E-state index in [1.165, 1.54) is 6.92 Å². The van der Waals surface area contributed by atoms with E-state index >= 15 is 0 Å². The molecular weight excluding hydrogens is 484 g/mol. The lowest BCUT2D eigenvalue weighted by Crippen LogP contribution is -2.52. The van der Waals surface area contributed by atoms with Crippen molar-refractivity contribution in [1.82, 2.24) is 24.9 Å². The highest BCUT2D eigenvalue weighted by atomic mass is 35.5. The normalized spacial score (nSPS) is 22.2. The summed E-state index contributed by atoms with van der Waals surface area (Å²) in [6.45, 7) is 8.81. The second-order valence-electron chi connectivity index (χ2n) is 10.1. The average molecular weight is 515 g/mol. The summed E-state index contributed by atoms with van der Waals surface area (Å²) in [6, 6.07) is 5.07. The Kier molecular flexibility index (Phi) is 7.35. The number of fused-ring (bicyclic) bond motifs is 1. The van der Waals surface area contributed by atoms with Crippen LogP contribution in [0.15, 0.2) is 36.8 Å². The molecule has 192 valence electrons. The van der Waals surface area contributed by atoms with Gasteiger partial charge in [0.2, 0.25) is 5.95 Å². The predicted octanol–water partition coefficient (Wildman–Crippen LogP) is 4.86. The smallest absolute Gasteiger partial charge is 0.408 e. The number of ether oxygens (including phenoxy) is 2. The van der Waals surface area contributed by atoms with Gasteiger partial charge < -0.3 is 20.1 Å². The van der Waals surface area contributed by atoms with Crippen molar-refractivity contribution in [1.29, 1.82) is 0 Å². The number of rotatable bonds is 5. The Labute approximate surface area is 214 Å². The van der Waals surface area contributed by atoms with Crippen LogP contribution in [0.3, 0.4) is 0 Å². The van der Waals surface area contributed by atoms with Crippen LogP contribution in [0.1, 0.15) is 58.9 Å². The molecule has 1 fully saturated rings. The zero-order valence-electron chi connectivity index (χ0n) is 21.0. The Hall–Kier alpha value is -3.40. The number of carbonyl (C=O) groups excluding carboxylic acids is 2. The number of hydrogen-bond acceptors (Lipinski definition) is 8. The third kappa shape index (κ3) is 6.04. The molecule has 0 bridgehead atoms. The number of nitrogens with one attached hydrogen (secondary N) is 2. The maximum absolute atomic E-state index is 12.6. The fraction of sp³-hybridized carbons (Fsp3) is 0.480. The first-order valence-electron chi connectivity index (χ1n) is 11.9. The van der Waals surface area contributed by atoms with Crippen molar-refractivity contribution in [2.75, 3.05) is 5.32 Å². The van der Waals surface area contributed by atoms with Gasteiger partial charge in [-0.3, -0.25) is 9.78 Å². The average Bonchev–Trinajstić information content (AvgIpc) is 3.16. The second kappa shape index (κ2) is 10.3. The Morgan fingerprint density at radius 1 is 1.17 bits per heavy atom. The van der Waals surface area contributed by atoms with E-state index in [0.717, 1.165) is 23.2 Å². The molecule has 4 rings (SSSR count). The van der Waals surface area contributed by atoms with Gasteiger partial charge in [-0.25, -0.2) is 9.78 Å². The summed E-state index contributed by atoms with van der Waals surface area (Å²) in [5, 5.41) is 11.0. The van der Waals surface area contributed by atoms with Crippen molar-refractivity contribution in [3.8, 4) is 0 Å². The van der Waals surface area contributed by atoms with Crippen LogP contribution in [-0.4, -0.2) is 49.4 Å². The van der Waals surface area contributed by atoms with Crippen molar-refractivity contribution < 1.29 is 19.1 Å². The lowest BCUT2D eigenvalue weighted by molar-refractivity contribution is -0.152. The van der Waals surface area contributed by atoms with Gasteiger partial charge in [-0.15, -0.1) is 0 Å². The van der Waals surface area contributed by atoms with E-state index < -0.39 is 23.8 Å². The Bertz CT molecular complexity index is 1260. The minimum atomic E-state index is -0.646. The first kappa shape index (κ1) is 25.7. The molecule has 36 heavy (non-hydrogen) atoms. The molecule has 4 atom stereocenters. The SMILES string of the molecule is CC(=O)O[C@@H]1[C@@H](C)C[C@@H](c2ccncc2Nc2ncc3ccc(Cl)nn23)C[C@H]1NC(=O)OC(C)(C)C. The fourth-order valence-corrected chi connectivity index (χ4v) is 4.83. The first-order chi connectivity index (χ1) is 17.0. The molecule has 1 saturated carbocycles. The van der Waals surface area contributed by atoms with Crippen LogP contribution in [0.2, 0.25) is 5.15 Å². The van der Waals surface area contributed by atoms with Crippen LogP contribution in [0, 0.1) is 5.92 Å². The Balaban J connectivity index is 1.61. The number of imidazole rings is 1. The largest absolute Gasteiger partial charge is 0.460 e. The molecule has 3 aromatic rings. The number of carbonyl (C=O) groups is 2. The summed E-state index contributed by atoms with van der Waals surface area (Å²) in [7, 11) is 0. The lowest BCUT2D eigenvalue weighted by atomic mass is 9.74. The molecule has 1 aliphatic carbocycles. The summed E-state index contributed by atoms with van der Waals surface area (Å²) >= 11 is 6.09. The highest BCUT2D eigenvalue weighted by Gasteiger charge is 2.40. The van der Waals surface area contributed by atoms with Gasteiger partial charge in [0.25, 0.3) is 0 Å². The molecule has 2 N–H and O–H groups in total. The molecule has 10 nitrogen and oxygen atoms in total. The van der Waals surface area contributed by atoms with Crippen LogP contribution in [-0.2, 0) is 14.3 Å². The number of esters is 1. The van der Waals surface area contributed by atoms with E-state index in [9.17, 15) is 9.59 Å². The zero-order chi connectivity index (χ0) is 26.0. The summed E-state index contributed by atoms with van der Waals surface area (Å²) in [5.41, 5.74) is 1.93.